The van der Waals surface area contributed by atoms with E-state index in [-0.39, 0.29) is 18.5 Å². The first-order valence-corrected chi connectivity index (χ1v) is 7.18. The Morgan fingerprint density at radius 1 is 1.48 bits per heavy atom. The number of aryl methyl sites for hydroxylation is 1. The Morgan fingerprint density at radius 3 is 2.62 bits per heavy atom. The average Bonchev–Trinajstić information content (AvgIpc) is 2.37. The number of carbonyl (C=O) groups excluding carboxylic acids is 1. The normalized spacial score (nSPS) is 11.2. The first-order chi connectivity index (χ1) is 9.69. The molecule has 1 aromatic rings. The van der Waals surface area contributed by atoms with Gasteiger partial charge in [-0.05, 0) is 18.6 Å². The van der Waals surface area contributed by atoms with Crippen LogP contribution in [-0.4, -0.2) is 33.0 Å². The van der Waals surface area contributed by atoms with Gasteiger partial charge in [0.25, 0.3) is 0 Å². The number of nitro groups is 1. The lowest BCUT2D eigenvalue weighted by Crippen LogP contribution is -2.27. The van der Waals surface area contributed by atoms with Gasteiger partial charge in [-0.2, -0.15) is 4.39 Å². The summed E-state index contributed by atoms with van der Waals surface area (Å²) < 4.78 is 43.8. The minimum absolute atomic E-state index is 0.0173. The van der Waals surface area contributed by atoms with Crippen molar-refractivity contribution in [2.45, 2.75) is 18.2 Å². The zero-order valence-electron chi connectivity index (χ0n) is 11.3. The lowest BCUT2D eigenvalue weighted by molar-refractivity contribution is -0.387. The van der Waals surface area contributed by atoms with Gasteiger partial charge in [-0.1, -0.05) is 0 Å². The van der Waals surface area contributed by atoms with Crippen molar-refractivity contribution in [3.8, 4) is 0 Å². The van der Waals surface area contributed by atoms with Crippen LogP contribution in [0.5, 0.6) is 0 Å². The highest BCUT2D eigenvalue weighted by Gasteiger charge is 2.24. The molecule has 0 fully saturated rings. The Morgan fingerprint density at radius 2 is 2.10 bits per heavy atom. The number of nitro benzene ring substituents is 1. The number of methoxy groups -OCH3 is 1. The number of ether oxygens (including phenoxy) is 1. The molecule has 0 unspecified atom stereocenters. The van der Waals surface area contributed by atoms with E-state index in [1.165, 1.54) is 6.92 Å². The summed E-state index contributed by atoms with van der Waals surface area (Å²) in [4.78, 5) is 20.1. The minimum atomic E-state index is -4.10. The summed E-state index contributed by atoms with van der Waals surface area (Å²) in [7, 11) is -2.94. The number of halogens is 1. The van der Waals surface area contributed by atoms with Crippen molar-refractivity contribution in [3.05, 3.63) is 33.6 Å². The van der Waals surface area contributed by atoms with E-state index in [1.54, 1.807) is 0 Å². The number of carbonyl (C=O) groups is 1. The van der Waals surface area contributed by atoms with Crippen LogP contribution in [0.2, 0.25) is 0 Å². The Labute approximate surface area is 120 Å². The highest BCUT2D eigenvalue weighted by atomic mass is 32.2. The van der Waals surface area contributed by atoms with Crippen LogP contribution in [0.15, 0.2) is 17.0 Å². The molecule has 0 aromatic heterocycles. The van der Waals surface area contributed by atoms with Crippen molar-refractivity contribution in [1.82, 2.24) is 4.72 Å². The second-order valence-electron chi connectivity index (χ2n) is 4.05. The average molecular weight is 320 g/mol. The summed E-state index contributed by atoms with van der Waals surface area (Å²) >= 11 is 0. The van der Waals surface area contributed by atoms with E-state index in [1.807, 2.05) is 0 Å². The smallest absolute Gasteiger partial charge is 0.306 e. The highest BCUT2D eigenvalue weighted by Crippen LogP contribution is 2.25. The molecule has 0 amide bonds. The maximum atomic E-state index is 13.4. The Balaban J connectivity index is 3.05. The van der Waals surface area contributed by atoms with Crippen LogP contribution in [0.3, 0.4) is 0 Å². The second-order valence-corrected chi connectivity index (χ2v) is 5.79. The van der Waals surface area contributed by atoms with Crippen LogP contribution < -0.4 is 4.72 Å². The maximum absolute atomic E-state index is 13.4. The Bertz CT molecular complexity index is 674. The molecule has 0 aliphatic carbocycles. The van der Waals surface area contributed by atoms with Crippen molar-refractivity contribution in [2.24, 2.45) is 0 Å². The quantitative estimate of drug-likeness (QED) is 0.472. The van der Waals surface area contributed by atoms with Gasteiger partial charge in [-0.15, -0.1) is 0 Å². The Hall–Kier alpha value is -2.07. The molecular weight excluding hydrogens is 307 g/mol. The molecule has 1 aromatic carbocycles. The number of benzene rings is 1. The molecule has 0 aliphatic rings. The summed E-state index contributed by atoms with van der Waals surface area (Å²) in [5.41, 5.74) is -0.919. The third-order valence-electron chi connectivity index (χ3n) is 2.58. The molecule has 0 atom stereocenters. The van der Waals surface area contributed by atoms with Gasteiger partial charge < -0.3 is 4.74 Å². The topological polar surface area (TPSA) is 116 Å². The summed E-state index contributed by atoms with van der Waals surface area (Å²) in [6, 6.07) is 1.41. The Kier molecular flexibility index (Phi) is 5.33. The van der Waals surface area contributed by atoms with Crippen LogP contribution in [0.4, 0.5) is 10.1 Å². The fourth-order valence-corrected chi connectivity index (χ4v) is 2.81. The van der Waals surface area contributed by atoms with Crippen LogP contribution >= 0.6 is 0 Å². The number of rotatable bonds is 6. The maximum Gasteiger partial charge on any atom is 0.306 e. The first kappa shape index (κ1) is 17.0. The molecule has 1 N–H and O–H groups in total. The number of hydrogen-bond acceptors (Lipinski definition) is 6. The molecule has 0 bridgehead atoms. The van der Waals surface area contributed by atoms with Crippen LogP contribution in [0.1, 0.15) is 12.0 Å². The van der Waals surface area contributed by atoms with Crippen molar-refractivity contribution in [2.75, 3.05) is 13.7 Å². The SMILES string of the molecule is COC(=O)CCNS(=O)(=O)c1cc([N+](=O)[O-])c(F)cc1C. The zero-order chi connectivity index (χ0) is 16.2. The zero-order valence-corrected chi connectivity index (χ0v) is 12.1. The molecule has 8 nitrogen and oxygen atoms in total. The molecular formula is C11H13FN2O6S. The van der Waals surface area contributed by atoms with E-state index >= 15 is 0 Å². The number of nitrogens with zero attached hydrogens (tertiary/aromatic N) is 1. The molecule has 0 aliphatic heterocycles. The monoisotopic (exact) mass is 320 g/mol. The third-order valence-corrected chi connectivity index (χ3v) is 4.18. The molecule has 0 heterocycles. The van der Waals surface area contributed by atoms with E-state index in [9.17, 15) is 27.7 Å². The van der Waals surface area contributed by atoms with Crippen LogP contribution in [0.25, 0.3) is 0 Å². The molecule has 0 spiro atoms. The first-order valence-electron chi connectivity index (χ1n) is 5.70. The predicted molar refractivity (Wildman–Crippen MR) is 69.6 cm³/mol. The summed E-state index contributed by atoms with van der Waals surface area (Å²) in [6.45, 7) is 1.07. The molecule has 10 heteroatoms. The number of esters is 1. The number of hydrogen-bond donors (Lipinski definition) is 1. The van der Waals surface area contributed by atoms with Gasteiger partial charge in [-0.25, -0.2) is 13.1 Å². The number of sulfonamides is 1. The third kappa shape index (κ3) is 4.20. The van der Waals surface area contributed by atoms with E-state index < -0.39 is 37.3 Å². The van der Waals surface area contributed by atoms with Crippen molar-refractivity contribution in [3.63, 3.8) is 0 Å². The number of nitrogens with one attached hydrogen (secondary N) is 1. The fraction of sp³-hybridized carbons (Fsp3) is 0.364. The van der Waals surface area contributed by atoms with Gasteiger partial charge in [0.15, 0.2) is 0 Å². The van der Waals surface area contributed by atoms with Gasteiger partial charge >= 0.3 is 11.7 Å². The van der Waals surface area contributed by atoms with Gasteiger partial charge in [0, 0.05) is 12.6 Å². The minimum Gasteiger partial charge on any atom is -0.469 e. The molecule has 0 saturated carbocycles. The molecule has 1 rings (SSSR count). The van der Waals surface area contributed by atoms with E-state index in [0.29, 0.717) is 6.07 Å². The van der Waals surface area contributed by atoms with Gasteiger partial charge in [0.05, 0.1) is 23.3 Å². The van der Waals surface area contributed by atoms with Crippen LogP contribution in [0, 0.1) is 22.9 Å². The highest BCUT2D eigenvalue weighted by molar-refractivity contribution is 7.89. The van der Waals surface area contributed by atoms with Crippen molar-refractivity contribution < 1.29 is 27.3 Å². The van der Waals surface area contributed by atoms with Gasteiger partial charge in [0.1, 0.15) is 0 Å². The van der Waals surface area contributed by atoms with Crippen molar-refractivity contribution >= 4 is 21.7 Å². The van der Waals surface area contributed by atoms with Gasteiger partial charge in [-0.3, -0.25) is 14.9 Å². The lowest BCUT2D eigenvalue weighted by Gasteiger charge is -2.09. The molecule has 0 radical (unpaired) electrons. The second kappa shape index (κ2) is 6.59. The van der Waals surface area contributed by atoms with Gasteiger partial charge in [0.2, 0.25) is 15.8 Å². The largest absolute Gasteiger partial charge is 0.469 e. The van der Waals surface area contributed by atoms with Crippen LogP contribution in [-0.2, 0) is 19.6 Å². The standard InChI is InChI=1S/C11H13FN2O6S/c1-7-5-8(12)9(14(16)17)6-10(7)21(18,19)13-4-3-11(15)20-2/h5-6,13H,3-4H2,1-2H3. The predicted octanol–water partition coefficient (Wildman–Crippen LogP) is 0.884. The molecule has 116 valence electrons. The molecule has 0 saturated heterocycles. The summed E-state index contributed by atoms with van der Waals surface area (Å²) in [6.07, 6.45) is -0.196. The fourth-order valence-electron chi connectivity index (χ4n) is 1.54. The van der Waals surface area contributed by atoms with E-state index in [2.05, 4.69) is 9.46 Å². The summed E-state index contributed by atoms with van der Waals surface area (Å²) in [5, 5.41) is 10.6. The van der Waals surface area contributed by atoms with E-state index in [4.69, 9.17) is 0 Å². The molecule has 21 heavy (non-hydrogen) atoms. The van der Waals surface area contributed by atoms with Crippen molar-refractivity contribution in [1.29, 1.82) is 0 Å². The van der Waals surface area contributed by atoms with E-state index in [0.717, 1.165) is 13.2 Å². The lowest BCUT2D eigenvalue weighted by atomic mass is 10.2. The summed E-state index contributed by atoms with van der Waals surface area (Å²) in [5.74, 6) is -1.73.